The van der Waals surface area contributed by atoms with E-state index in [-0.39, 0.29) is 0 Å². The van der Waals surface area contributed by atoms with E-state index in [0.717, 1.165) is 36.8 Å². The molecule has 0 fully saturated rings. The van der Waals surface area contributed by atoms with E-state index in [2.05, 4.69) is 52.8 Å². The van der Waals surface area contributed by atoms with E-state index in [4.69, 9.17) is 0 Å². The van der Waals surface area contributed by atoms with Crippen LogP contribution in [0.3, 0.4) is 0 Å². The molecule has 2 aromatic rings. The van der Waals surface area contributed by atoms with Gasteiger partial charge >= 0.3 is 0 Å². The Morgan fingerprint density at radius 2 is 1.95 bits per heavy atom. The SMILES string of the molecule is CCNc1nnc(Cc2nccn2CC)c(C)c1C. The number of nitrogens with zero attached hydrogens (tertiary/aromatic N) is 4. The topological polar surface area (TPSA) is 55.6 Å². The Hall–Kier alpha value is -1.91. The Bertz CT molecular complexity index is 559. The second kappa shape index (κ2) is 5.82. The summed E-state index contributed by atoms with van der Waals surface area (Å²) < 4.78 is 2.13. The minimum atomic E-state index is 0.729. The number of anilines is 1. The van der Waals surface area contributed by atoms with Gasteiger partial charge in [0.2, 0.25) is 0 Å². The highest BCUT2D eigenvalue weighted by Gasteiger charge is 2.12. The fourth-order valence-electron chi connectivity index (χ4n) is 2.10. The standard InChI is InChI=1S/C14H21N5/c1-5-15-14-11(4)10(3)12(17-18-14)9-13-16-7-8-19(13)6-2/h7-8H,5-6,9H2,1-4H3,(H,15,18). The predicted molar refractivity (Wildman–Crippen MR) is 76.4 cm³/mol. The van der Waals surface area contributed by atoms with Crippen molar-refractivity contribution in [2.75, 3.05) is 11.9 Å². The van der Waals surface area contributed by atoms with E-state index >= 15 is 0 Å². The van der Waals surface area contributed by atoms with E-state index in [1.807, 2.05) is 12.4 Å². The fourth-order valence-corrected chi connectivity index (χ4v) is 2.10. The second-order valence-corrected chi connectivity index (χ2v) is 4.58. The summed E-state index contributed by atoms with van der Waals surface area (Å²) in [5.74, 6) is 1.91. The van der Waals surface area contributed by atoms with Crippen LogP contribution in [0.5, 0.6) is 0 Å². The average Bonchev–Trinajstić information content (AvgIpc) is 2.86. The molecule has 0 radical (unpaired) electrons. The number of rotatable bonds is 5. The van der Waals surface area contributed by atoms with Gasteiger partial charge in [-0.15, -0.1) is 5.10 Å². The second-order valence-electron chi connectivity index (χ2n) is 4.58. The predicted octanol–water partition coefficient (Wildman–Crippen LogP) is 2.33. The van der Waals surface area contributed by atoms with Gasteiger partial charge in [-0.05, 0) is 38.8 Å². The smallest absolute Gasteiger partial charge is 0.151 e. The Balaban J connectivity index is 2.29. The lowest BCUT2D eigenvalue weighted by Gasteiger charge is -2.12. The summed E-state index contributed by atoms with van der Waals surface area (Å²) in [4.78, 5) is 4.39. The third kappa shape index (κ3) is 2.75. The number of aromatic nitrogens is 4. The highest BCUT2D eigenvalue weighted by molar-refractivity contribution is 5.47. The quantitative estimate of drug-likeness (QED) is 0.895. The summed E-state index contributed by atoms with van der Waals surface area (Å²) in [6.45, 7) is 10.1. The first-order chi connectivity index (χ1) is 9.17. The summed E-state index contributed by atoms with van der Waals surface area (Å²) >= 11 is 0. The molecule has 5 nitrogen and oxygen atoms in total. The summed E-state index contributed by atoms with van der Waals surface area (Å²) in [5.41, 5.74) is 3.36. The van der Waals surface area contributed by atoms with Crippen molar-refractivity contribution in [3.63, 3.8) is 0 Å². The summed E-state index contributed by atoms with van der Waals surface area (Å²) in [6.07, 6.45) is 4.56. The molecule has 5 heteroatoms. The van der Waals surface area contributed by atoms with Crippen molar-refractivity contribution in [1.29, 1.82) is 0 Å². The zero-order valence-electron chi connectivity index (χ0n) is 12.1. The minimum absolute atomic E-state index is 0.729. The van der Waals surface area contributed by atoms with E-state index in [9.17, 15) is 0 Å². The van der Waals surface area contributed by atoms with Crippen molar-refractivity contribution < 1.29 is 0 Å². The van der Waals surface area contributed by atoms with Gasteiger partial charge in [0.25, 0.3) is 0 Å². The van der Waals surface area contributed by atoms with Gasteiger partial charge in [-0.3, -0.25) is 0 Å². The highest BCUT2D eigenvalue weighted by Crippen LogP contribution is 2.19. The average molecular weight is 259 g/mol. The fraction of sp³-hybridized carbons (Fsp3) is 0.500. The molecular formula is C14H21N5. The molecule has 2 heterocycles. The third-order valence-corrected chi connectivity index (χ3v) is 3.43. The molecule has 0 aliphatic heterocycles. The van der Waals surface area contributed by atoms with Crippen LogP contribution in [0.15, 0.2) is 12.4 Å². The van der Waals surface area contributed by atoms with Crippen LogP contribution in [0, 0.1) is 13.8 Å². The molecule has 2 aromatic heterocycles. The molecular weight excluding hydrogens is 238 g/mol. The molecule has 0 spiro atoms. The molecule has 0 aliphatic rings. The zero-order chi connectivity index (χ0) is 13.8. The Morgan fingerprint density at radius 3 is 2.63 bits per heavy atom. The summed E-state index contributed by atoms with van der Waals surface area (Å²) in [5, 5.41) is 11.8. The Morgan fingerprint density at radius 1 is 1.16 bits per heavy atom. The van der Waals surface area contributed by atoms with Crippen molar-refractivity contribution in [2.45, 2.75) is 40.7 Å². The van der Waals surface area contributed by atoms with Crippen molar-refractivity contribution in [1.82, 2.24) is 19.7 Å². The molecule has 0 aromatic carbocycles. The van der Waals surface area contributed by atoms with E-state index in [1.165, 1.54) is 11.1 Å². The van der Waals surface area contributed by atoms with E-state index in [0.29, 0.717) is 0 Å². The van der Waals surface area contributed by atoms with Gasteiger partial charge < -0.3 is 9.88 Å². The molecule has 1 N–H and O–H groups in total. The van der Waals surface area contributed by atoms with Crippen molar-refractivity contribution in [3.8, 4) is 0 Å². The molecule has 0 atom stereocenters. The van der Waals surface area contributed by atoms with Gasteiger partial charge in [0.05, 0.1) is 12.1 Å². The third-order valence-electron chi connectivity index (χ3n) is 3.43. The molecule has 2 rings (SSSR count). The first kappa shape index (κ1) is 13.5. The Kier molecular flexibility index (Phi) is 4.14. The van der Waals surface area contributed by atoms with Crippen LogP contribution < -0.4 is 5.32 Å². The molecule has 19 heavy (non-hydrogen) atoms. The molecule has 0 saturated carbocycles. The number of imidazole rings is 1. The normalized spacial score (nSPS) is 10.7. The highest BCUT2D eigenvalue weighted by atomic mass is 15.2. The summed E-state index contributed by atoms with van der Waals surface area (Å²) in [6, 6.07) is 0. The van der Waals surface area contributed by atoms with Gasteiger partial charge in [0.15, 0.2) is 5.82 Å². The first-order valence-electron chi connectivity index (χ1n) is 6.74. The van der Waals surface area contributed by atoms with Crippen molar-refractivity contribution in [2.24, 2.45) is 0 Å². The van der Waals surface area contributed by atoms with Crippen LogP contribution in [0.25, 0.3) is 0 Å². The van der Waals surface area contributed by atoms with Crippen LogP contribution in [0.1, 0.15) is 36.5 Å². The van der Waals surface area contributed by atoms with Crippen LogP contribution in [-0.4, -0.2) is 26.3 Å². The van der Waals surface area contributed by atoms with E-state index < -0.39 is 0 Å². The molecule has 0 bridgehead atoms. The van der Waals surface area contributed by atoms with Crippen molar-refractivity contribution >= 4 is 5.82 Å². The lowest BCUT2D eigenvalue weighted by molar-refractivity contribution is 0.703. The maximum Gasteiger partial charge on any atom is 0.151 e. The van der Waals surface area contributed by atoms with Crippen LogP contribution in [-0.2, 0) is 13.0 Å². The van der Waals surface area contributed by atoms with Gasteiger partial charge in [-0.2, -0.15) is 5.10 Å². The first-order valence-corrected chi connectivity index (χ1v) is 6.74. The van der Waals surface area contributed by atoms with Crippen molar-refractivity contribution in [3.05, 3.63) is 35.0 Å². The van der Waals surface area contributed by atoms with E-state index in [1.54, 1.807) is 0 Å². The van der Waals surface area contributed by atoms with Gasteiger partial charge in [-0.25, -0.2) is 4.98 Å². The van der Waals surface area contributed by atoms with Gasteiger partial charge in [0, 0.05) is 25.5 Å². The van der Waals surface area contributed by atoms with Crippen LogP contribution in [0.4, 0.5) is 5.82 Å². The molecule has 102 valence electrons. The Labute approximate surface area is 114 Å². The monoisotopic (exact) mass is 259 g/mol. The largest absolute Gasteiger partial charge is 0.369 e. The lowest BCUT2D eigenvalue weighted by Crippen LogP contribution is -2.10. The van der Waals surface area contributed by atoms with Crippen LogP contribution in [0.2, 0.25) is 0 Å². The summed E-state index contributed by atoms with van der Waals surface area (Å²) in [7, 11) is 0. The number of nitrogens with one attached hydrogen (secondary N) is 1. The molecule has 0 amide bonds. The number of hydrogen-bond acceptors (Lipinski definition) is 4. The van der Waals surface area contributed by atoms with Crippen LogP contribution >= 0.6 is 0 Å². The lowest BCUT2D eigenvalue weighted by atomic mass is 10.1. The van der Waals surface area contributed by atoms with Gasteiger partial charge in [0.1, 0.15) is 5.82 Å². The maximum atomic E-state index is 4.39. The molecule has 0 unspecified atom stereocenters. The minimum Gasteiger partial charge on any atom is -0.369 e. The molecule has 0 aliphatic carbocycles. The molecule has 0 saturated heterocycles. The zero-order valence-corrected chi connectivity index (χ0v) is 12.1. The maximum absolute atomic E-state index is 4.39. The number of hydrogen-bond donors (Lipinski definition) is 1. The van der Waals surface area contributed by atoms with Gasteiger partial charge in [-0.1, -0.05) is 0 Å². The number of aryl methyl sites for hydroxylation is 1.